The predicted octanol–water partition coefficient (Wildman–Crippen LogP) is 3.34. The summed E-state index contributed by atoms with van der Waals surface area (Å²) in [4.78, 5) is 25.5. The lowest BCUT2D eigenvalue weighted by Gasteiger charge is -2.13. The van der Waals surface area contributed by atoms with Crippen molar-refractivity contribution in [3.63, 3.8) is 0 Å². The van der Waals surface area contributed by atoms with Crippen molar-refractivity contribution in [2.45, 2.75) is 51.0 Å². The van der Waals surface area contributed by atoms with Crippen LogP contribution in [-0.4, -0.2) is 35.0 Å². The van der Waals surface area contributed by atoms with Crippen molar-refractivity contribution in [3.8, 4) is 0 Å². The molecule has 2 N–H and O–H groups in total. The number of fused-ring (bicyclic) bond motifs is 1. The number of hydrogen-bond donors (Lipinski definition) is 2. The van der Waals surface area contributed by atoms with Crippen LogP contribution in [-0.2, 0) is 17.6 Å². The van der Waals surface area contributed by atoms with Gasteiger partial charge < -0.3 is 10.4 Å². The third-order valence-corrected chi connectivity index (χ3v) is 5.81. The molecular weight excluding hydrogens is 318 g/mol. The maximum Gasteiger partial charge on any atom is 0.326 e. The molecule has 122 valence electrons. The van der Waals surface area contributed by atoms with Gasteiger partial charge in [-0.1, -0.05) is 12.8 Å². The highest BCUT2D eigenvalue weighted by molar-refractivity contribution is 7.98. The van der Waals surface area contributed by atoms with Crippen molar-refractivity contribution in [2.75, 3.05) is 12.0 Å². The van der Waals surface area contributed by atoms with Gasteiger partial charge in [-0.15, -0.1) is 11.3 Å². The fraction of sp³-hybridized carbons (Fsp3) is 0.625. The van der Waals surface area contributed by atoms with E-state index < -0.39 is 12.0 Å². The second-order valence-corrected chi connectivity index (χ2v) is 7.74. The molecule has 0 bridgehead atoms. The van der Waals surface area contributed by atoms with Gasteiger partial charge in [0.05, 0.1) is 4.88 Å². The van der Waals surface area contributed by atoms with Crippen LogP contribution in [0.2, 0.25) is 0 Å². The van der Waals surface area contributed by atoms with Crippen molar-refractivity contribution < 1.29 is 14.7 Å². The van der Waals surface area contributed by atoms with Gasteiger partial charge in [0.25, 0.3) is 5.91 Å². The van der Waals surface area contributed by atoms with Crippen LogP contribution in [0, 0.1) is 0 Å². The van der Waals surface area contributed by atoms with E-state index >= 15 is 0 Å². The lowest BCUT2D eigenvalue weighted by molar-refractivity contribution is -0.139. The summed E-state index contributed by atoms with van der Waals surface area (Å²) in [6.45, 7) is 0. The molecule has 2 rings (SSSR count). The van der Waals surface area contributed by atoms with E-state index in [9.17, 15) is 14.7 Å². The van der Waals surface area contributed by atoms with Gasteiger partial charge in [0.1, 0.15) is 6.04 Å². The molecule has 0 saturated carbocycles. The highest BCUT2D eigenvalue weighted by atomic mass is 32.2. The Hall–Kier alpha value is -1.01. The molecule has 0 saturated heterocycles. The Labute approximate surface area is 139 Å². The first-order chi connectivity index (χ1) is 10.6. The minimum atomic E-state index is -0.961. The minimum absolute atomic E-state index is 0.245. The summed E-state index contributed by atoms with van der Waals surface area (Å²) in [5.74, 6) is -0.486. The summed E-state index contributed by atoms with van der Waals surface area (Å²) >= 11 is 3.12. The summed E-state index contributed by atoms with van der Waals surface area (Å²) in [6, 6.07) is 1.17. The van der Waals surface area contributed by atoms with Crippen LogP contribution in [0.25, 0.3) is 0 Å². The number of aryl methyl sites for hydroxylation is 2. The molecule has 0 radical (unpaired) electrons. The molecule has 6 heteroatoms. The monoisotopic (exact) mass is 341 g/mol. The summed E-state index contributed by atoms with van der Waals surface area (Å²) in [7, 11) is 0. The van der Waals surface area contributed by atoms with E-state index in [-0.39, 0.29) is 5.91 Å². The van der Waals surface area contributed by atoms with E-state index in [2.05, 4.69) is 5.32 Å². The van der Waals surface area contributed by atoms with Crippen molar-refractivity contribution in [2.24, 2.45) is 0 Å². The van der Waals surface area contributed by atoms with Gasteiger partial charge in [0.15, 0.2) is 0 Å². The number of aliphatic carboxylic acids is 1. The second kappa shape index (κ2) is 8.58. The lowest BCUT2D eigenvalue weighted by Crippen LogP contribution is -2.40. The largest absolute Gasteiger partial charge is 0.480 e. The zero-order chi connectivity index (χ0) is 15.9. The number of carboxylic acids is 1. The van der Waals surface area contributed by atoms with Crippen molar-refractivity contribution in [1.29, 1.82) is 0 Å². The summed E-state index contributed by atoms with van der Waals surface area (Å²) in [5.41, 5.74) is 1.28. The number of carbonyl (C=O) groups is 2. The van der Waals surface area contributed by atoms with Crippen LogP contribution in [0.3, 0.4) is 0 Å². The Kier molecular flexibility index (Phi) is 6.76. The summed E-state index contributed by atoms with van der Waals surface area (Å²) < 4.78 is 0. The zero-order valence-electron chi connectivity index (χ0n) is 12.9. The topological polar surface area (TPSA) is 66.4 Å². The lowest BCUT2D eigenvalue weighted by atomic mass is 10.00. The first kappa shape index (κ1) is 17.3. The molecule has 1 unspecified atom stereocenters. The quantitative estimate of drug-likeness (QED) is 0.833. The number of amides is 1. The Morgan fingerprint density at radius 1 is 1.32 bits per heavy atom. The summed E-state index contributed by atoms with van der Waals surface area (Å²) in [6.07, 6.45) is 9.33. The molecule has 0 fully saturated rings. The van der Waals surface area contributed by atoms with Gasteiger partial charge in [-0.05, 0) is 55.7 Å². The number of carboxylic acid groups (broad SMARTS) is 1. The SMILES string of the molecule is CSCCC(NC(=O)c1cc2c(s1)CCCCCC2)C(=O)O. The summed E-state index contributed by atoms with van der Waals surface area (Å²) in [5, 5.41) is 11.9. The number of carbonyl (C=O) groups excluding carboxylic acids is 1. The number of thioether (sulfide) groups is 1. The van der Waals surface area contributed by atoms with Crippen LogP contribution in [0.15, 0.2) is 6.07 Å². The van der Waals surface area contributed by atoms with E-state index in [4.69, 9.17) is 0 Å². The Morgan fingerprint density at radius 2 is 2.05 bits per heavy atom. The second-order valence-electron chi connectivity index (χ2n) is 5.62. The highest BCUT2D eigenvalue weighted by Crippen LogP contribution is 2.28. The first-order valence-electron chi connectivity index (χ1n) is 7.76. The van der Waals surface area contributed by atoms with Crippen LogP contribution < -0.4 is 5.32 Å². The number of thiophene rings is 1. The average Bonchev–Trinajstić information content (AvgIpc) is 2.85. The molecule has 1 amide bonds. The van der Waals surface area contributed by atoms with E-state index in [0.717, 1.165) is 18.6 Å². The predicted molar refractivity (Wildman–Crippen MR) is 92.1 cm³/mol. The molecule has 1 aromatic heterocycles. The molecule has 22 heavy (non-hydrogen) atoms. The van der Waals surface area contributed by atoms with Crippen molar-refractivity contribution in [1.82, 2.24) is 5.32 Å². The standard InChI is InChI=1S/C16H23NO3S2/c1-21-9-8-12(16(19)20)17-15(18)14-10-11-6-4-2-3-5-7-13(11)22-14/h10,12H,2-9H2,1H3,(H,17,18)(H,19,20). The smallest absolute Gasteiger partial charge is 0.326 e. The van der Waals surface area contributed by atoms with E-state index in [1.165, 1.54) is 47.5 Å². The molecular formula is C16H23NO3S2. The Bertz CT molecular complexity index is 502. The Morgan fingerprint density at radius 3 is 2.73 bits per heavy atom. The molecule has 0 aliphatic heterocycles. The molecule has 1 aromatic rings. The van der Waals surface area contributed by atoms with Gasteiger partial charge in [-0.25, -0.2) is 4.79 Å². The molecule has 1 heterocycles. The Balaban J connectivity index is 2.05. The third-order valence-electron chi connectivity index (χ3n) is 3.93. The maximum atomic E-state index is 12.3. The zero-order valence-corrected chi connectivity index (χ0v) is 14.5. The third kappa shape index (κ3) is 4.74. The van der Waals surface area contributed by atoms with E-state index in [1.807, 2.05) is 12.3 Å². The molecule has 1 aliphatic carbocycles. The van der Waals surface area contributed by atoms with Crippen LogP contribution in [0.1, 0.15) is 52.2 Å². The molecule has 1 atom stereocenters. The van der Waals surface area contributed by atoms with Crippen molar-refractivity contribution in [3.05, 3.63) is 21.4 Å². The van der Waals surface area contributed by atoms with Crippen molar-refractivity contribution >= 4 is 35.0 Å². The fourth-order valence-corrected chi connectivity index (χ4v) is 4.31. The highest BCUT2D eigenvalue weighted by Gasteiger charge is 2.22. The van der Waals surface area contributed by atoms with Gasteiger partial charge in [0, 0.05) is 4.88 Å². The minimum Gasteiger partial charge on any atom is -0.480 e. The molecule has 0 spiro atoms. The molecule has 4 nitrogen and oxygen atoms in total. The van der Waals surface area contributed by atoms with Gasteiger partial charge in [-0.3, -0.25) is 4.79 Å². The molecule has 1 aliphatic rings. The number of rotatable bonds is 6. The maximum absolute atomic E-state index is 12.3. The number of nitrogens with one attached hydrogen (secondary N) is 1. The van der Waals surface area contributed by atoms with E-state index in [0.29, 0.717) is 11.3 Å². The van der Waals surface area contributed by atoms with Gasteiger partial charge in [-0.2, -0.15) is 11.8 Å². The van der Waals surface area contributed by atoms with E-state index in [1.54, 1.807) is 11.8 Å². The van der Waals surface area contributed by atoms with Crippen LogP contribution >= 0.6 is 23.1 Å². The van der Waals surface area contributed by atoms with Crippen LogP contribution in [0.5, 0.6) is 0 Å². The van der Waals surface area contributed by atoms with Gasteiger partial charge >= 0.3 is 5.97 Å². The van der Waals surface area contributed by atoms with Gasteiger partial charge in [0.2, 0.25) is 0 Å². The average molecular weight is 341 g/mol. The van der Waals surface area contributed by atoms with Crippen LogP contribution in [0.4, 0.5) is 0 Å². The normalized spacial score (nSPS) is 16.2. The fourth-order valence-electron chi connectivity index (χ4n) is 2.68. The first-order valence-corrected chi connectivity index (χ1v) is 9.97. The number of hydrogen-bond acceptors (Lipinski definition) is 4. The molecule has 0 aromatic carbocycles.